The Morgan fingerprint density at radius 1 is 1.40 bits per heavy atom. The van der Waals surface area contributed by atoms with E-state index in [1.165, 1.54) is 11.1 Å². The molecule has 2 nitrogen and oxygen atoms in total. The highest BCUT2D eigenvalue weighted by Gasteiger charge is 2.09. The smallest absolute Gasteiger partial charge is 0.223 e. The Hall–Kier alpha value is -1.31. The molecule has 1 aromatic rings. The SMILES string of the molecule is CC[C@H](C)C(=O)NCc1ccccc1C. The molecule has 0 spiro atoms. The molecule has 0 aliphatic heterocycles. The normalized spacial score (nSPS) is 12.2. The third-order valence-electron chi connectivity index (χ3n) is 2.77. The van der Waals surface area contributed by atoms with Crippen LogP contribution in [0.2, 0.25) is 0 Å². The molecular weight excluding hydrogens is 186 g/mol. The molecule has 1 rings (SSSR count). The summed E-state index contributed by atoms with van der Waals surface area (Å²) < 4.78 is 0. The molecule has 0 heterocycles. The number of carbonyl (C=O) groups is 1. The molecule has 0 unspecified atom stereocenters. The quantitative estimate of drug-likeness (QED) is 0.804. The molecule has 1 N–H and O–H groups in total. The minimum atomic E-state index is 0.106. The third kappa shape index (κ3) is 3.39. The average Bonchev–Trinajstić information content (AvgIpc) is 2.26. The summed E-state index contributed by atoms with van der Waals surface area (Å²) in [5.41, 5.74) is 2.41. The van der Waals surface area contributed by atoms with Gasteiger partial charge in [0.05, 0.1) is 0 Å². The van der Waals surface area contributed by atoms with Crippen LogP contribution < -0.4 is 5.32 Å². The number of benzene rings is 1. The summed E-state index contributed by atoms with van der Waals surface area (Å²) >= 11 is 0. The van der Waals surface area contributed by atoms with E-state index in [4.69, 9.17) is 0 Å². The second kappa shape index (κ2) is 5.54. The van der Waals surface area contributed by atoms with Gasteiger partial charge in [0, 0.05) is 12.5 Å². The molecule has 0 aromatic heterocycles. The highest BCUT2D eigenvalue weighted by molar-refractivity contribution is 5.78. The standard InChI is InChI=1S/C13H19NO/c1-4-10(2)13(15)14-9-12-8-6-5-7-11(12)3/h5-8,10H,4,9H2,1-3H3,(H,14,15)/t10-/m0/s1. The molecule has 15 heavy (non-hydrogen) atoms. The van der Waals surface area contributed by atoms with Crippen LogP contribution in [0.3, 0.4) is 0 Å². The van der Waals surface area contributed by atoms with Crippen LogP contribution in [-0.2, 0) is 11.3 Å². The van der Waals surface area contributed by atoms with Crippen LogP contribution in [0.25, 0.3) is 0 Å². The van der Waals surface area contributed by atoms with E-state index >= 15 is 0 Å². The van der Waals surface area contributed by atoms with Crippen molar-refractivity contribution in [3.63, 3.8) is 0 Å². The molecule has 0 fully saturated rings. The lowest BCUT2D eigenvalue weighted by Gasteiger charge is -2.11. The molecular formula is C13H19NO. The van der Waals surface area contributed by atoms with Gasteiger partial charge in [0.2, 0.25) is 5.91 Å². The summed E-state index contributed by atoms with van der Waals surface area (Å²) in [4.78, 5) is 11.5. The fourth-order valence-electron chi connectivity index (χ4n) is 1.35. The Morgan fingerprint density at radius 2 is 2.07 bits per heavy atom. The lowest BCUT2D eigenvalue weighted by atomic mass is 10.1. The summed E-state index contributed by atoms with van der Waals surface area (Å²) in [5.74, 6) is 0.245. The van der Waals surface area contributed by atoms with Gasteiger partial charge in [-0.15, -0.1) is 0 Å². The molecule has 0 saturated carbocycles. The molecule has 1 amide bonds. The van der Waals surface area contributed by atoms with E-state index in [-0.39, 0.29) is 11.8 Å². The number of carbonyl (C=O) groups excluding carboxylic acids is 1. The number of hydrogen-bond donors (Lipinski definition) is 1. The van der Waals surface area contributed by atoms with Crippen molar-refractivity contribution in [2.45, 2.75) is 33.7 Å². The number of aryl methyl sites for hydroxylation is 1. The van der Waals surface area contributed by atoms with Crippen molar-refractivity contribution in [3.8, 4) is 0 Å². The van der Waals surface area contributed by atoms with Crippen LogP contribution in [0, 0.1) is 12.8 Å². The maximum Gasteiger partial charge on any atom is 0.223 e. The van der Waals surface area contributed by atoms with E-state index in [9.17, 15) is 4.79 Å². The topological polar surface area (TPSA) is 29.1 Å². The van der Waals surface area contributed by atoms with Gasteiger partial charge < -0.3 is 5.32 Å². The van der Waals surface area contributed by atoms with E-state index in [1.54, 1.807) is 0 Å². The lowest BCUT2D eigenvalue weighted by Crippen LogP contribution is -2.28. The third-order valence-corrected chi connectivity index (χ3v) is 2.77. The molecule has 0 radical (unpaired) electrons. The summed E-state index contributed by atoms with van der Waals surface area (Å²) in [6.45, 7) is 6.67. The number of amides is 1. The lowest BCUT2D eigenvalue weighted by molar-refractivity contribution is -0.124. The largest absolute Gasteiger partial charge is 0.352 e. The minimum Gasteiger partial charge on any atom is -0.352 e. The number of rotatable bonds is 4. The van der Waals surface area contributed by atoms with Gasteiger partial charge in [-0.1, -0.05) is 38.1 Å². The van der Waals surface area contributed by atoms with Crippen molar-refractivity contribution in [1.29, 1.82) is 0 Å². The van der Waals surface area contributed by atoms with Crippen molar-refractivity contribution in [2.24, 2.45) is 5.92 Å². The van der Waals surface area contributed by atoms with Gasteiger partial charge in [0.1, 0.15) is 0 Å². The van der Waals surface area contributed by atoms with Gasteiger partial charge in [-0.3, -0.25) is 4.79 Å². The van der Waals surface area contributed by atoms with Crippen LogP contribution in [0.15, 0.2) is 24.3 Å². The second-order valence-electron chi connectivity index (χ2n) is 3.95. The number of nitrogens with one attached hydrogen (secondary N) is 1. The van der Waals surface area contributed by atoms with Crippen LogP contribution in [0.1, 0.15) is 31.4 Å². The highest BCUT2D eigenvalue weighted by Crippen LogP contribution is 2.07. The predicted octanol–water partition coefficient (Wildman–Crippen LogP) is 2.66. The summed E-state index contributed by atoms with van der Waals surface area (Å²) in [6.07, 6.45) is 0.888. The molecule has 1 aromatic carbocycles. The monoisotopic (exact) mass is 205 g/mol. The van der Waals surface area contributed by atoms with E-state index < -0.39 is 0 Å². The van der Waals surface area contributed by atoms with Crippen LogP contribution in [-0.4, -0.2) is 5.91 Å². The van der Waals surface area contributed by atoms with Crippen molar-refractivity contribution < 1.29 is 4.79 Å². The Bertz CT molecular complexity index is 333. The van der Waals surface area contributed by atoms with Crippen molar-refractivity contribution in [3.05, 3.63) is 35.4 Å². The van der Waals surface area contributed by atoms with E-state index in [0.717, 1.165) is 6.42 Å². The molecule has 0 bridgehead atoms. The predicted molar refractivity (Wildman–Crippen MR) is 62.5 cm³/mol. The Morgan fingerprint density at radius 3 is 2.67 bits per heavy atom. The first-order chi connectivity index (χ1) is 7.15. The van der Waals surface area contributed by atoms with E-state index in [2.05, 4.69) is 18.3 Å². The summed E-state index contributed by atoms with van der Waals surface area (Å²) in [6, 6.07) is 8.12. The van der Waals surface area contributed by atoms with Crippen LogP contribution >= 0.6 is 0 Å². The molecule has 0 aliphatic rings. The van der Waals surface area contributed by atoms with Gasteiger partial charge in [-0.2, -0.15) is 0 Å². The zero-order valence-corrected chi connectivity index (χ0v) is 9.71. The van der Waals surface area contributed by atoms with Crippen molar-refractivity contribution in [1.82, 2.24) is 5.32 Å². The first-order valence-electron chi connectivity index (χ1n) is 5.47. The van der Waals surface area contributed by atoms with Gasteiger partial charge in [-0.25, -0.2) is 0 Å². The summed E-state index contributed by atoms with van der Waals surface area (Å²) in [7, 11) is 0. The fourth-order valence-corrected chi connectivity index (χ4v) is 1.35. The Kier molecular flexibility index (Phi) is 4.35. The first kappa shape index (κ1) is 11.8. The highest BCUT2D eigenvalue weighted by atomic mass is 16.1. The Balaban J connectivity index is 2.51. The van der Waals surface area contributed by atoms with Crippen molar-refractivity contribution >= 4 is 5.91 Å². The molecule has 0 aliphatic carbocycles. The zero-order chi connectivity index (χ0) is 11.3. The van der Waals surface area contributed by atoms with E-state index in [0.29, 0.717) is 6.54 Å². The van der Waals surface area contributed by atoms with E-state index in [1.807, 2.05) is 32.0 Å². The van der Waals surface area contributed by atoms with Gasteiger partial charge in [0.25, 0.3) is 0 Å². The molecule has 82 valence electrons. The van der Waals surface area contributed by atoms with Gasteiger partial charge >= 0.3 is 0 Å². The minimum absolute atomic E-state index is 0.106. The average molecular weight is 205 g/mol. The van der Waals surface area contributed by atoms with Crippen LogP contribution in [0.4, 0.5) is 0 Å². The molecule has 0 saturated heterocycles. The van der Waals surface area contributed by atoms with Gasteiger partial charge in [-0.05, 0) is 24.5 Å². The maximum absolute atomic E-state index is 11.5. The second-order valence-corrected chi connectivity index (χ2v) is 3.95. The first-order valence-corrected chi connectivity index (χ1v) is 5.47. The molecule has 1 atom stereocenters. The Labute approximate surface area is 91.7 Å². The zero-order valence-electron chi connectivity index (χ0n) is 9.71. The van der Waals surface area contributed by atoms with Crippen LogP contribution in [0.5, 0.6) is 0 Å². The number of hydrogen-bond acceptors (Lipinski definition) is 1. The fraction of sp³-hybridized carbons (Fsp3) is 0.462. The molecule has 2 heteroatoms. The van der Waals surface area contributed by atoms with Crippen molar-refractivity contribution in [2.75, 3.05) is 0 Å². The van der Waals surface area contributed by atoms with Gasteiger partial charge in [0.15, 0.2) is 0 Å². The maximum atomic E-state index is 11.5. The summed E-state index contributed by atoms with van der Waals surface area (Å²) in [5, 5.41) is 2.95.